The van der Waals surface area contributed by atoms with E-state index in [0.717, 1.165) is 5.56 Å². The molecule has 5 nitrogen and oxygen atoms in total. The van der Waals surface area contributed by atoms with Crippen LogP contribution in [0, 0.1) is 17.1 Å². The minimum atomic E-state index is -0.869. The van der Waals surface area contributed by atoms with Crippen molar-refractivity contribution >= 4 is 11.9 Å². The Morgan fingerprint density at radius 3 is 2.56 bits per heavy atom. The van der Waals surface area contributed by atoms with Gasteiger partial charge < -0.3 is 10.1 Å². The molecule has 0 unspecified atom stereocenters. The molecule has 0 spiro atoms. The maximum absolute atomic E-state index is 12.9. The molecule has 2 aromatic carbocycles. The Hall–Kier alpha value is -3.20. The molecule has 0 saturated carbocycles. The topological polar surface area (TPSA) is 79.2 Å². The number of carbonyl (C=O) groups excluding carboxylic acids is 2. The van der Waals surface area contributed by atoms with E-state index in [4.69, 9.17) is 10.00 Å². The highest BCUT2D eigenvalue weighted by Gasteiger charge is 2.22. The van der Waals surface area contributed by atoms with E-state index < -0.39 is 12.0 Å². The smallest absolute Gasteiger partial charge is 0.328 e. The van der Waals surface area contributed by atoms with Gasteiger partial charge in [-0.25, -0.2) is 9.18 Å². The Bertz CT molecular complexity index is 797. The molecule has 0 aliphatic carbocycles. The normalized spacial score (nSPS) is 11.2. The molecule has 128 valence electrons. The van der Waals surface area contributed by atoms with E-state index in [1.165, 1.54) is 31.4 Å². The van der Waals surface area contributed by atoms with Crippen molar-refractivity contribution in [2.45, 2.75) is 18.9 Å². The highest BCUT2D eigenvalue weighted by Crippen LogP contribution is 2.09. The van der Waals surface area contributed by atoms with Crippen LogP contribution >= 0.6 is 0 Å². The van der Waals surface area contributed by atoms with Crippen molar-refractivity contribution < 1.29 is 18.7 Å². The summed E-state index contributed by atoms with van der Waals surface area (Å²) in [6, 6.07) is 13.5. The van der Waals surface area contributed by atoms with Crippen LogP contribution in [-0.2, 0) is 27.2 Å². The Kier molecular flexibility index (Phi) is 6.24. The van der Waals surface area contributed by atoms with Crippen LogP contribution in [0.4, 0.5) is 4.39 Å². The van der Waals surface area contributed by atoms with Gasteiger partial charge in [-0.15, -0.1) is 0 Å². The van der Waals surface area contributed by atoms with Gasteiger partial charge in [0.1, 0.15) is 11.9 Å². The van der Waals surface area contributed by atoms with Gasteiger partial charge in [0, 0.05) is 6.42 Å². The fourth-order valence-corrected chi connectivity index (χ4v) is 2.37. The summed E-state index contributed by atoms with van der Waals surface area (Å²) < 4.78 is 17.6. The number of hydrogen-bond donors (Lipinski definition) is 1. The number of nitriles is 1. The number of benzene rings is 2. The Labute approximate surface area is 145 Å². The number of carbonyl (C=O) groups is 2. The molecule has 1 amide bonds. The molecular weight excluding hydrogens is 323 g/mol. The Morgan fingerprint density at radius 1 is 1.20 bits per heavy atom. The number of ether oxygens (including phenoxy) is 1. The second-order valence-corrected chi connectivity index (χ2v) is 5.46. The molecular formula is C19H17FN2O3. The summed E-state index contributed by atoms with van der Waals surface area (Å²) in [5.74, 6) is -1.33. The molecule has 0 bridgehead atoms. The minimum absolute atomic E-state index is 0.0199. The van der Waals surface area contributed by atoms with Crippen molar-refractivity contribution in [3.05, 3.63) is 71.0 Å². The molecule has 0 aliphatic rings. The van der Waals surface area contributed by atoms with Crippen LogP contribution in [0.3, 0.4) is 0 Å². The van der Waals surface area contributed by atoms with Crippen molar-refractivity contribution in [3.63, 3.8) is 0 Å². The molecule has 0 radical (unpaired) electrons. The van der Waals surface area contributed by atoms with Crippen LogP contribution in [-0.4, -0.2) is 25.0 Å². The van der Waals surface area contributed by atoms with Gasteiger partial charge in [0.2, 0.25) is 5.91 Å². The molecule has 1 atom stereocenters. The average Bonchev–Trinajstić information content (AvgIpc) is 2.62. The van der Waals surface area contributed by atoms with Gasteiger partial charge in [0.05, 0.1) is 25.2 Å². The number of nitrogens with one attached hydrogen (secondary N) is 1. The molecule has 0 heterocycles. The lowest BCUT2D eigenvalue weighted by Gasteiger charge is -2.17. The summed E-state index contributed by atoms with van der Waals surface area (Å²) in [6.45, 7) is 0. The van der Waals surface area contributed by atoms with Gasteiger partial charge in [-0.3, -0.25) is 4.79 Å². The standard InChI is InChI=1S/C19H17FN2O3/c1-25-19(24)17(10-14-3-2-4-15(9-14)12-21)22-18(23)11-13-5-7-16(20)8-6-13/h2-9,17H,10-11H2,1H3,(H,22,23)/t17-/m1/s1. The maximum atomic E-state index is 12.9. The highest BCUT2D eigenvalue weighted by atomic mass is 19.1. The third-order valence-electron chi connectivity index (χ3n) is 3.59. The number of amides is 1. The first-order valence-corrected chi connectivity index (χ1v) is 7.62. The van der Waals surface area contributed by atoms with Gasteiger partial charge in [0.15, 0.2) is 0 Å². The van der Waals surface area contributed by atoms with Crippen LogP contribution in [0.1, 0.15) is 16.7 Å². The summed E-state index contributed by atoms with van der Waals surface area (Å²) in [6.07, 6.45) is 0.226. The summed E-state index contributed by atoms with van der Waals surface area (Å²) in [5.41, 5.74) is 1.84. The fourth-order valence-electron chi connectivity index (χ4n) is 2.37. The SMILES string of the molecule is COC(=O)[C@@H](Cc1cccc(C#N)c1)NC(=O)Cc1ccc(F)cc1. The van der Waals surface area contributed by atoms with Crippen LogP contribution < -0.4 is 5.32 Å². The van der Waals surface area contributed by atoms with Gasteiger partial charge in [-0.05, 0) is 35.4 Å². The lowest BCUT2D eigenvalue weighted by Crippen LogP contribution is -2.43. The number of methoxy groups -OCH3 is 1. The molecule has 0 aromatic heterocycles. The second-order valence-electron chi connectivity index (χ2n) is 5.46. The van der Waals surface area contributed by atoms with Crippen LogP contribution in [0.15, 0.2) is 48.5 Å². The summed E-state index contributed by atoms with van der Waals surface area (Å²) in [4.78, 5) is 24.1. The van der Waals surface area contributed by atoms with E-state index in [9.17, 15) is 14.0 Å². The predicted molar refractivity (Wildman–Crippen MR) is 88.9 cm³/mol. The number of hydrogen-bond acceptors (Lipinski definition) is 4. The van der Waals surface area contributed by atoms with E-state index in [-0.39, 0.29) is 24.6 Å². The number of halogens is 1. The Balaban J connectivity index is 2.06. The van der Waals surface area contributed by atoms with E-state index in [1.54, 1.807) is 24.3 Å². The third kappa shape index (κ3) is 5.43. The monoisotopic (exact) mass is 340 g/mol. The van der Waals surface area contributed by atoms with Crippen molar-refractivity contribution in [2.24, 2.45) is 0 Å². The Morgan fingerprint density at radius 2 is 1.92 bits per heavy atom. The van der Waals surface area contributed by atoms with Gasteiger partial charge in [0.25, 0.3) is 0 Å². The zero-order valence-electron chi connectivity index (χ0n) is 13.7. The number of esters is 1. The molecule has 1 N–H and O–H groups in total. The van der Waals surface area contributed by atoms with E-state index in [1.807, 2.05) is 6.07 Å². The zero-order chi connectivity index (χ0) is 18.2. The first-order valence-electron chi connectivity index (χ1n) is 7.62. The van der Waals surface area contributed by atoms with Crippen molar-refractivity contribution in [1.29, 1.82) is 5.26 Å². The average molecular weight is 340 g/mol. The molecule has 0 aliphatic heterocycles. The second kappa shape index (κ2) is 8.60. The highest BCUT2D eigenvalue weighted by molar-refractivity contribution is 5.85. The van der Waals surface area contributed by atoms with Gasteiger partial charge >= 0.3 is 5.97 Å². The van der Waals surface area contributed by atoms with Crippen molar-refractivity contribution in [2.75, 3.05) is 7.11 Å². The number of rotatable bonds is 6. The molecule has 25 heavy (non-hydrogen) atoms. The zero-order valence-corrected chi connectivity index (χ0v) is 13.7. The van der Waals surface area contributed by atoms with Crippen LogP contribution in [0.5, 0.6) is 0 Å². The minimum Gasteiger partial charge on any atom is -0.467 e. The molecule has 2 aromatic rings. The summed E-state index contributed by atoms with van der Waals surface area (Å²) in [5, 5.41) is 11.6. The predicted octanol–water partition coefficient (Wildman–Crippen LogP) is 2.14. The molecule has 0 saturated heterocycles. The van der Waals surface area contributed by atoms with Gasteiger partial charge in [-0.2, -0.15) is 5.26 Å². The summed E-state index contributed by atoms with van der Waals surface area (Å²) in [7, 11) is 1.24. The van der Waals surface area contributed by atoms with Crippen LogP contribution in [0.2, 0.25) is 0 Å². The molecule has 2 rings (SSSR count). The lowest BCUT2D eigenvalue weighted by molar-refractivity contribution is -0.145. The van der Waals surface area contributed by atoms with E-state index >= 15 is 0 Å². The van der Waals surface area contributed by atoms with Crippen LogP contribution in [0.25, 0.3) is 0 Å². The first-order chi connectivity index (χ1) is 12.0. The lowest BCUT2D eigenvalue weighted by atomic mass is 10.0. The quantitative estimate of drug-likeness (QED) is 0.817. The van der Waals surface area contributed by atoms with Gasteiger partial charge in [-0.1, -0.05) is 24.3 Å². The molecule has 6 heteroatoms. The third-order valence-corrected chi connectivity index (χ3v) is 3.59. The fraction of sp³-hybridized carbons (Fsp3) is 0.211. The summed E-state index contributed by atoms with van der Waals surface area (Å²) >= 11 is 0. The van der Waals surface area contributed by atoms with E-state index in [2.05, 4.69) is 5.32 Å². The molecule has 0 fully saturated rings. The largest absolute Gasteiger partial charge is 0.467 e. The van der Waals surface area contributed by atoms with E-state index in [0.29, 0.717) is 11.1 Å². The first kappa shape index (κ1) is 18.1. The van der Waals surface area contributed by atoms with Crippen molar-refractivity contribution in [3.8, 4) is 6.07 Å². The van der Waals surface area contributed by atoms with Crippen molar-refractivity contribution in [1.82, 2.24) is 5.32 Å². The number of nitrogens with zero attached hydrogens (tertiary/aromatic N) is 1. The maximum Gasteiger partial charge on any atom is 0.328 e.